The maximum atomic E-state index is 12.0. The molecule has 0 aliphatic rings. The van der Waals surface area contributed by atoms with Gasteiger partial charge in [0.2, 0.25) is 0 Å². The minimum absolute atomic E-state index is 0.00589. The van der Waals surface area contributed by atoms with Crippen LogP contribution < -0.4 is 5.32 Å². The Balaban J connectivity index is 1.92. The highest BCUT2D eigenvalue weighted by Crippen LogP contribution is 2.22. The Morgan fingerprint density at radius 1 is 1.35 bits per heavy atom. The Labute approximate surface area is 118 Å². The van der Waals surface area contributed by atoms with Gasteiger partial charge in [-0.3, -0.25) is 0 Å². The molecule has 1 heterocycles. The lowest BCUT2D eigenvalue weighted by molar-refractivity contribution is -0.175. The number of alkyl halides is 3. The highest BCUT2D eigenvalue weighted by atomic mass is 32.1. The van der Waals surface area contributed by atoms with E-state index in [2.05, 4.69) is 15.0 Å². The van der Waals surface area contributed by atoms with E-state index in [4.69, 9.17) is 0 Å². The fourth-order valence-corrected chi connectivity index (χ4v) is 2.83. The number of rotatable bonds is 6. The van der Waals surface area contributed by atoms with E-state index in [1.807, 2.05) is 24.3 Å². The number of aromatic nitrogens is 1. The summed E-state index contributed by atoms with van der Waals surface area (Å²) in [4.78, 5) is 4.46. The smallest absolute Gasteiger partial charge is 0.370 e. The van der Waals surface area contributed by atoms with Gasteiger partial charge in [0.15, 0.2) is 0 Å². The molecule has 1 atom stereocenters. The van der Waals surface area contributed by atoms with Crippen LogP contribution >= 0.6 is 11.3 Å². The Morgan fingerprint density at radius 2 is 2.10 bits per heavy atom. The number of para-hydroxylation sites is 1. The predicted octanol–water partition coefficient (Wildman–Crippen LogP) is 3.01. The summed E-state index contributed by atoms with van der Waals surface area (Å²) < 4.78 is 41.8. The van der Waals surface area contributed by atoms with Gasteiger partial charge in [-0.2, -0.15) is 13.2 Å². The molecule has 1 N–H and O–H groups in total. The molecule has 1 aromatic heterocycles. The van der Waals surface area contributed by atoms with Gasteiger partial charge >= 0.3 is 6.18 Å². The molecule has 0 spiro atoms. The number of benzene rings is 1. The van der Waals surface area contributed by atoms with Crippen LogP contribution in [-0.2, 0) is 11.2 Å². The summed E-state index contributed by atoms with van der Waals surface area (Å²) >= 11 is 1.55. The van der Waals surface area contributed by atoms with Gasteiger partial charge in [-0.1, -0.05) is 12.1 Å². The fraction of sp³-hybridized carbons (Fsp3) is 0.462. The number of halogens is 3. The number of hydrogen-bond donors (Lipinski definition) is 1. The molecule has 2 aromatic rings. The van der Waals surface area contributed by atoms with Gasteiger partial charge in [-0.05, 0) is 19.2 Å². The average Bonchev–Trinajstić information content (AvgIpc) is 2.78. The van der Waals surface area contributed by atoms with E-state index in [0.29, 0.717) is 6.42 Å². The van der Waals surface area contributed by atoms with E-state index < -0.39 is 12.8 Å². The molecule has 0 aliphatic carbocycles. The topological polar surface area (TPSA) is 34.1 Å². The zero-order chi connectivity index (χ0) is 14.6. The van der Waals surface area contributed by atoms with Gasteiger partial charge in [0.05, 0.1) is 21.8 Å². The molecule has 0 amide bonds. The van der Waals surface area contributed by atoms with Crippen molar-refractivity contribution < 1.29 is 17.9 Å². The second-order valence-electron chi connectivity index (χ2n) is 4.40. The van der Waals surface area contributed by atoms with E-state index in [1.165, 1.54) is 0 Å². The van der Waals surface area contributed by atoms with Crippen molar-refractivity contribution in [3.8, 4) is 0 Å². The van der Waals surface area contributed by atoms with Gasteiger partial charge < -0.3 is 10.1 Å². The van der Waals surface area contributed by atoms with Crippen LogP contribution in [-0.4, -0.2) is 37.5 Å². The third-order valence-corrected chi connectivity index (χ3v) is 3.81. The monoisotopic (exact) mass is 304 g/mol. The predicted molar refractivity (Wildman–Crippen MR) is 73.0 cm³/mol. The molecule has 0 bridgehead atoms. The van der Waals surface area contributed by atoms with Gasteiger partial charge in [-0.15, -0.1) is 11.3 Å². The Hall–Kier alpha value is -1.18. The van der Waals surface area contributed by atoms with Crippen LogP contribution in [0.25, 0.3) is 10.2 Å². The van der Waals surface area contributed by atoms with Crippen LogP contribution in [0.3, 0.4) is 0 Å². The normalized spacial score (nSPS) is 13.8. The lowest BCUT2D eigenvalue weighted by atomic mass is 10.2. The zero-order valence-electron chi connectivity index (χ0n) is 10.9. The second-order valence-corrected chi connectivity index (χ2v) is 5.51. The summed E-state index contributed by atoms with van der Waals surface area (Å²) in [5, 5.41) is 3.85. The van der Waals surface area contributed by atoms with Crippen molar-refractivity contribution in [3.05, 3.63) is 29.3 Å². The Kier molecular flexibility index (Phi) is 4.95. The first-order valence-corrected chi connectivity index (χ1v) is 6.96. The highest BCUT2D eigenvalue weighted by Gasteiger charge is 2.27. The van der Waals surface area contributed by atoms with E-state index in [0.717, 1.165) is 15.2 Å². The Morgan fingerprint density at radius 3 is 2.75 bits per heavy atom. The number of nitrogens with one attached hydrogen (secondary N) is 1. The number of ether oxygens (including phenoxy) is 1. The summed E-state index contributed by atoms with van der Waals surface area (Å²) in [6, 6.07) is 7.56. The van der Waals surface area contributed by atoms with Crippen LogP contribution in [0, 0.1) is 0 Å². The second kappa shape index (κ2) is 6.51. The molecule has 110 valence electrons. The van der Waals surface area contributed by atoms with Crippen molar-refractivity contribution in [1.29, 1.82) is 0 Å². The van der Waals surface area contributed by atoms with Gasteiger partial charge in [0.25, 0.3) is 0 Å². The van der Waals surface area contributed by atoms with Crippen molar-refractivity contribution >= 4 is 21.6 Å². The maximum Gasteiger partial charge on any atom is 0.411 e. The van der Waals surface area contributed by atoms with E-state index in [1.54, 1.807) is 18.4 Å². The summed E-state index contributed by atoms with van der Waals surface area (Å²) in [6.45, 7) is -1.21. The maximum absolute atomic E-state index is 12.0. The first-order valence-electron chi connectivity index (χ1n) is 6.14. The molecule has 0 saturated heterocycles. The fourth-order valence-electron chi connectivity index (χ4n) is 1.78. The third-order valence-electron chi connectivity index (χ3n) is 2.75. The third kappa shape index (κ3) is 4.43. The van der Waals surface area contributed by atoms with Crippen molar-refractivity contribution in [2.24, 2.45) is 0 Å². The Bertz CT molecular complexity index is 523. The van der Waals surface area contributed by atoms with Crippen LogP contribution in [0.5, 0.6) is 0 Å². The number of fused-ring (bicyclic) bond motifs is 1. The number of nitrogens with zero attached hydrogens (tertiary/aromatic N) is 1. The molecule has 20 heavy (non-hydrogen) atoms. The summed E-state index contributed by atoms with van der Waals surface area (Å²) in [6.07, 6.45) is -3.73. The van der Waals surface area contributed by atoms with Crippen molar-refractivity contribution in [2.75, 3.05) is 20.3 Å². The van der Waals surface area contributed by atoms with Crippen molar-refractivity contribution in [2.45, 2.75) is 18.6 Å². The molecule has 1 unspecified atom stereocenters. The van der Waals surface area contributed by atoms with Crippen LogP contribution in [0.4, 0.5) is 13.2 Å². The molecule has 0 aliphatic heterocycles. The van der Waals surface area contributed by atoms with Gasteiger partial charge in [0.1, 0.15) is 6.61 Å². The molecule has 0 radical (unpaired) electrons. The van der Waals surface area contributed by atoms with E-state index >= 15 is 0 Å². The van der Waals surface area contributed by atoms with Crippen molar-refractivity contribution in [3.63, 3.8) is 0 Å². The largest absolute Gasteiger partial charge is 0.411 e. The van der Waals surface area contributed by atoms with Crippen LogP contribution in [0.2, 0.25) is 0 Å². The van der Waals surface area contributed by atoms with E-state index in [9.17, 15) is 13.2 Å². The summed E-state index contributed by atoms with van der Waals surface area (Å²) in [5.74, 6) is 0. The summed E-state index contributed by atoms with van der Waals surface area (Å²) in [7, 11) is 1.70. The standard InChI is InChI=1S/C13H15F3N2OS/c1-17-9(7-19-8-13(14,15)16)6-12-18-10-4-2-3-5-11(10)20-12/h2-5,9,17H,6-8H2,1H3. The molecule has 7 heteroatoms. The van der Waals surface area contributed by atoms with Crippen LogP contribution in [0.1, 0.15) is 5.01 Å². The molecule has 3 nitrogen and oxygen atoms in total. The number of hydrogen-bond acceptors (Lipinski definition) is 4. The first kappa shape index (κ1) is 15.2. The van der Waals surface area contributed by atoms with Crippen LogP contribution in [0.15, 0.2) is 24.3 Å². The zero-order valence-corrected chi connectivity index (χ0v) is 11.7. The molecular formula is C13H15F3N2OS. The number of thiazole rings is 1. The molecule has 0 saturated carbocycles. The van der Waals surface area contributed by atoms with E-state index in [-0.39, 0.29) is 12.6 Å². The SMILES string of the molecule is CNC(COCC(F)(F)F)Cc1nc2ccccc2s1. The average molecular weight is 304 g/mol. The molecule has 0 fully saturated rings. The first-order chi connectivity index (χ1) is 9.48. The minimum Gasteiger partial charge on any atom is -0.370 e. The van der Waals surface area contributed by atoms with Gasteiger partial charge in [-0.25, -0.2) is 4.98 Å². The minimum atomic E-state index is -4.28. The van der Waals surface area contributed by atoms with Gasteiger partial charge in [0, 0.05) is 12.5 Å². The summed E-state index contributed by atoms with van der Waals surface area (Å²) in [5.41, 5.74) is 0.915. The molecule has 1 aromatic carbocycles. The van der Waals surface area contributed by atoms with Crippen molar-refractivity contribution in [1.82, 2.24) is 10.3 Å². The molecule has 2 rings (SSSR count). The lowest BCUT2D eigenvalue weighted by Crippen LogP contribution is -2.34. The quantitative estimate of drug-likeness (QED) is 0.891. The number of likely N-dealkylation sites (N-methyl/N-ethyl adjacent to an activating group) is 1. The molecular weight excluding hydrogens is 289 g/mol. The highest BCUT2D eigenvalue weighted by molar-refractivity contribution is 7.18. The lowest BCUT2D eigenvalue weighted by Gasteiger charge is -2.15.